The average Bonchev–Trinajstić information content (AvgIpc) is 2.70. The van der Waals surface area contributed by atoms with E-state index in [0.29, 0.717) is 27.4 Å². The first-order valence-electron chi connectivity index (χ1n) is 8.44. The van der Waals surface area contributed by atoms with Gasteiger partial charge < -0.3 is 0 Å². The zero-order valence-corrected chi connectivity index (χ0v) is 18.4. The zero-order chi connectivity index (χ0) is 19.7. The van der Waals surface area contributed by atoms with Gasteiger partial charge in [-0.1, -0.05) is 57.9 Å². The molecule has 6 heteroatoms. The summed E-state index contributed by atoms with van der Waals surface area (Å²) in [6.07, 6.45) is 3.75. The summed E-state index contributed by atoms with van der Waals surface area (Å²) in [4.78, 5) is 18.0. The number of hydrogen-bond donors (Lipinski definition) is 0. The van der Waals surface area contributed by atoms with Gasteiger partial charge in [-0.3, -0.25) is 9.36 Å². The molecular weight excluding hydrogens is 504 g/mol. The SMILES string of the molecule is O=c1c2ccccc2nc(/C=C/c2ccc(Cl)cc2)n1-c1cc(Br)ccc1Br. The summed E-state index contributed by atoms with van der Waals surface area (Å²) >= 11 is 13.0. The first-order chi connectivity index (χ1) is 13.5. The highest BCUT2D eigenvalue weighted by atomic mass is 79.9. The molecule has 0 atom stereocenters. The van der Waals surface area contributed by atoms with E-state index in [1.54, 1.807) is 10.6 Å². The first-order valence-corrected chi connectivity index (χ1v) is 10.4. The van der Waals surface area contributed by atoms with Gasteiger partial charge in [0, 0.05) is 14.0 Å². The van der Waals surface area contributed by atoms with Crippen LogP contribution in [0.4, 0.5) is 0 Å². The minimum absolute atomic E-state index is 0.125. The molecule has 0 saturated carbocycles. The summed E-state index contributed by atoms with van der Waals surface area (Å²) in [5.74, 6) is 0.539. The molecule has 0 radical (unpaired) electrons. The molecule has 1 heterocycles. The van der Waals surface area contributed by atoms with E-state index >= 15 is 0 Å². The van der Waals surface area contributed by atoms with Crippen LogP contribution in [-0.4, -0.2) is 9.55 Å². The molecule has 0 bridgehead atoms. The van der Waals surface area contributed by atoms with Crippen LogP contribution < -0.4 is 5.56 Å². The minimum Gasteiger partial charge on any atom is -0.268 e. The lowest BCUT2D eigenvalue weighted by molar-refractivity contribution is 0.938. The molecular formula is C22H13Br2ClN2O. The fraction of sp³-hybridized carbons (Fsp3) is 0. The fourth-order valence-corrected chi connectivity index (χ4v) is 3.80. The van der Waals surface area contributed by atoms with E-state index in [1.165, 1.54) is 0 Å². The van der Waals surface area contributed by atoms with Crippen molar-refractivity contribution >= 4 is 66.5 Å². The summed E-state index contributed by atoms with van der Waals surface area (Å²) in [6.45, 7) is 0. The standard InChI is InChI=1S/C22H13Br2ClN2O/c23-15-8-11-18(24)20(13-15)27-21(12-7-14-5-9-16(25)10-6-14)26-19-4-2-1-3-17(19)22(27)28/h1-13H/b12-7+. The minimum atomic E-state index is -0.125. The highest BCUT2D eigenvalue weighted by Crippen LogP contribution is 2.26. The smallest absolute Gasteiger partial charge is 0.266 e. The molecule has 1 aromatic heterocycles. The quantitative estimate of drug-likeness (QED) is 0.303. The lowest BCUT2D eigenvalue weighted by Gasteiger charge is -2.13. The van der Waals surface area contributed by atoms with Crippen LogP contribution in [0.1, 0.15) is 11.4 Å². The van der Waals surface area contributed by atoms with E-state index in [4.69, 9.17) is 16.6 Å². The second-order valence-corrected chi connectivity index (χ2v) is 8.31. The third kappa shape index (κ3) is 3.83. The third-order valence-corrected chi connectivity index (χ3v) is 5.66. The van der Waals surface area contributed by atoms with Crippen molar-refractivity contribution < 1.29 is 0 Å². The Kier molecular flexibility index (Phi) is 5.49. The van der Waals surface area contributed by atoms with Gasteiger partial charge >= 0.3 is 0 Å². The summed E-state index contributed by atoms with van der Waals surface area (Å²) in [5.41, 5.74) is 2.21. The lowest BCUT2D eigenvalue weighted by Crippen LogP contribution is -2.22. The Bertz CT molecular complexity index is 1260. The second-order valence-electron chi connectivity index (χ2n) is 6.11. The number of fused-ring (bicyclic) bond motifs is 1. The summed E-state index contributed by atoms with van der Waals surface area (Å²) in [7, 11) is 0. The second kappa shape index (κ2) is 8.03. The Hall–Kier alpha value is -2.21. The molecule has 0 unspecified atom stereocenters. The lowest BCUT2D eigenvalue weighted by atomic mass is 10.2. The van der Waals surface area contributed by atoms with E-state index < -0.39 is 0 Å². The van der Waals surface area contributed by atoms with Crippen LogP contribution >= 0.6 is 43.5 Å². The maximum atomic E-state index is 13.3. The van der Waals surface area contributed by atoms with Crippen molar-refractivity contribution in [2.24, 2.45) is 0 Å². The normalized spacial score (nSPS) is 11.4. The molecule has 138 valence electrons. The molecule has 3 aromatic carbocycles. The van der Waals surface area contributed by atoms with Gasteiger partial charge in [0.1, 0.15) is 5.82 Å². The van der Waals surface area contributed by atoms with Crippen LogP contribution in [0.2, 0.25) is 5.02 Å². The molecule has 0 amide bonds. The van der Waals surface area contributed by atoms with E-state index in [9.17, 15) is 4.79 Å². The van der Waals surface area contributed by atoms with Crippen molar-refractivity contribution in [1.29, 1.82) is 0 Å². The van der Waals surface area contributed by atoms with Gasteiger partial charge in [0.15, 0.2) is 0 Å². The number of hydrogen-bond acceptors (Lipinski definition) is 2. The van der Waals surface area contributed by atoms with Crippen molar-refractivity contribution in [1.82, 2.24) is 9.55 Å². The Balaban J connectivity index is 1.97. The van der Waals surface area contributed by atoms with Crippen LogP contribution in [0.15, 0.2) is 80.5 Å². The van der Waals surface area contributed by atoms with Crippen LogP contribution in [0, 0.1) is 0 Å². The van der Waals surface area contributed by atoms with Gasteiger partial charge in [-0.25, -0.2) is 4.98 Å². The number of para-hydroxylation sites is 1. The zero-order valence-electron chi connectivity index (χ0n) is 14.4. The maximum Gasteiger partial charge on any atom is 0.266 e. The van der Waals surface area contributed by atoms with Gasteiger partial charge in [-0.05, 0) is 70.0 Å². The number of halogens is 3. The average molecular weight is 517 g/mol. The van der Waals surface area contributed by atoms with Gasteiger partial charge in [0.2, 0.25) is 0 Å². The first kappa shape index (κ1) is 19.1. The molecule has 0 aliphatic heterocycles. The molecule has 0 aliphatic rings. The molecule has 0 N–H and O–H groups in total. The Morgan fingerprint density at radius 3 is 2.46 bits per heavy atom. The number of aromatic nitrogens is 2. The van der Waals surface area contributed by atoms with E-state index in [0.717, 1.165) is 14.5 Å². The van der Waals surface area contributed by atoms with Crippen LogP contribution in [0.3, 0.4) is 0 Å². The molecule has 0 aliphatic carbocycles. The highest BCUT2D eigenvalue weighted by molar-refractivity contribution is 9.11. The van der Waals surface area contributed by atoms with Crippen molar-refractivity contribution in [3.63, 3.8) is 0 Å². The Labute approximate surface area is 183 Å². The van der Waals surface area contributed by atoms with Crippen LogP contribution in [-0.2, 0) is 0 Å². The van der Waals surface area contributed by atoms with Crippen LogP contribution in [0.25, 0.3) is 28.7 Å². The fourth-order valence-electron chi connectivity index (χ4n) is 2.90. The summed E-state index contributed by atoms with van der Waals surface area (Å²) < 4.78 is 3.29. The van der Waals surface area contributed by atoms with Crippen LogP contribution in [0.5, 0.6) is 0 Å². The third-order valence-electron chi connectivity index (χ3n) is 4.25. The highest BCUT2D eigenvalue weighted by Gasteiger charge is 2.13. The molecule has 0 fully saturated rings. The van der Waals surface area contributed by atoms with Crippen molar-refractivity contribution in [3.05, 3.63) is 102 Å². The van der Waals surface area contributed by atoms with Gasteiger partial charge in [0.25, 0.3) is 5.56 Å². The van der Waals surface area contributed by atoms with E-state index in [2.05, 4.69) is 31.9 Å². The number of nitrogens with zero attached hydrogens (tertiary/aromatic N) is 2. The predicted octanol–water partition coefficient (Wildman–Crippen LogP) is 6.73. The molecule has 3 nitrogen and oxygen atoms in total. The number of benzene rings is 3. The molecule has 4 aromatic rings. The van der Waals surface area contributed by atoms with Gasteiger partial charge in [0.05, 0.1) is 16.6 Å². The van der Waals surface area contributed by atoms with Crippen molar-refractivity contribution in [2.45, 2.75) is 0 Å². The summed E-state index contributed by atoms with van der Waals surface area (Å²) in [5, 5.41) is 1.24. The predicted molar refractivity (Wildman–Crippen MR) is 123 cm³/mol. The largest absolute Gasteiger partial charge is 0.268 e. The maximum absolute atomic E-state index is 13.3. The van der Waals surface area contributed by atoms with Gasteiger partial charge in [-0.2, -0.15) is 0 Å². The van der Waals surface area contributed by atoms with Gasteiger partial charge in [-0.15, -0.1) is 0 Å². The number of rotatable bonds is 3. The molecule has 0 spiro atoms. The monoisotopic (exact) mass is 514 g/mol. The Morgan fingerprint density at radius 2 is 1.68 bits per heavy atom. The van der Waals surface area contributed by atoms with E-state index in [-0.39, 0.29) is 5.56 Å². The topological polar surface area (TPSA) is 34.9 Å². The molecule has 4 rings (SSSR count). The summed E-state index contributed by atoms with van der Waals surface area (Å²) in [6, 6.07) is 20.5. The van der Waals surface area contributed by atoms with E-state index in [1.807, 2.05) is 72.8 Å². The molecule has 0 saturated heterocycles. The Morgan fingerprint density at radius 1 is 0.929 bits per heavy atom. The van der Waals surface area contributed by atoms with Crippen molar-refractivity contribution in [3.8, 4) is 5.69 Å². The van der Waals surface area contributed by atoms with Crippen molar-refractivity contribution in [2.75, 3.05) is 0 Å². The molecule has 28 heavy (non-hydrogen) atoms.